The molecule has 2 atom stereocenters. The summed E-state index contributed by atoms with van der Waals surface area (Å²) in [5.74, 6) is -0.649. The molecule has 4 nitrogen and oxygen atoms in total. The van der Waals surface area contributed by atoms with Crippen molar-refractivity contribution >= 4 is 5.97 Å². The topological polar surface area (TPSA) is 49.8 Å². The Kier molecular flexibility index (Phi) is 4.32. The predicted octanol–water partition coefficient (Wildman–Crippen LogP) is 2.81. The second kappa shape index (κ2) is 6.02. The van der Waals surface area contributed by atoms with Gasteiger partial charge in [-0.05, 0) is 45.1 Å². The standard InChI is InChI=1S/C16H27NO3/c18-15(19)11-13-5-1-4-9-17(13)14-6-10-20-16(12-14)7-2-3-8-16/h13-14H,1-12H2,(H,18,19). The first-order valence-electron chi connectivity index (χ1n) is 8.30. The Morgan fingerprint density at radius 1 is 1.20 bits per heavy atom. The van der Waals surface area contributed by atoms with Crippen LogP contribution in [0.1, 0.15) is 64.2 Å². The van der Waals surface area contributed by atoms with Gasteiger partial charge < -0.3 is 9.84 Å². The highest BCUT2D eigenvalue weighted by Gasteiger charge is 2.43. The molecule has 3 rings (SSSR count). The lowest BCUT2D eigenvalue weighted by molar-refractivity contribution is -0.140. The summed E-state index contributed by atoms with van der Waals surface area (Å²) in [6, 6.07) is 0.800. The quantitative estimate of drug-likeness (QED) is 0.864. The molecule has 2 aliphatic heterocycles. The van der Waals surface area contributed by atoms with E-state index in [2.05, 4.69) is 4.90 Å². The summed E-state index contributed by atoms with van der Waals surface area (Å²) in [6.45, 7) is 1.94. The van der Waals surface area contributed by atoms with E-state index in [9.17, 15) is 4.79 Å². The maximum atomic E-state index is 11.1. The highest BCUT2D eigenvalue weighted by Crippen LogP contribution is 2.42. The number of carboxylic acid groups (broad SMARTS) is 1. The van der Waals surface area contributed by atoms with Crippen LogP contribution in [0.4, 0.5) is 0 Å². The first-order valence-corrected chi connectivity index (χ1v) is 8.30. The summed E-state index contributed by atoms with van der Waals surface area (Å²) in [5.41, 5.74) is 0.133. The third-order valence-electron chi connectivity index (χ3n) is 5.53. The monoisotopic (exact) mass is 281 g/mol. The molecule has 0 radical (unpaired) electrons. The zero-order valence-electron chi connectivity index (χ0n) is 12.4. The number of rotatable bonds is 3. The summed E-state index contributed by atoms with van der Waals surface area (Å²) in [5, 5.41) is 9.14. The fourth-order valence-corrected chi connectivity index (χ4v) is 4.58. The highest BCUT2D eigenvalue weighted by molar-refractivity contribution is 5.67. The minimum atomic E-state index is -0.649. The number of hydrogen-bond acceptors (Lipinski definition) is 3. The van der Waals surface area contributed by atoms with Crippen LogP contribution in [0.15, 0.2) is 0 Å². The summed E-state index contributed by atoms with van der Waals surface area (Å²) < 4.78 is 6.12. The molecular weight excluding hydrogens is 254 g/mol. The summed E-state index contributed by atoms with van der Waals surface area (Å²) in [7, 11) is 0. The molecule has 114 valence electrons. The van der Waals surface area contributed by atoms with Crippen molar-refractivity contribution in [3.63, 3.8) is 0 Å². The van der Waals surface area contributed by atoms with Gasteiger partial charge in [-0.25, -0.2) is 0 Å². The largest absolute Gasteiger partial charge is 0.481 e. The lowest BCUT2D eigenvalue weighted by Gasteiger charge is -2.47. The molecule has 0 aromatic heterocycles. The van der Waals surface area contributed by atoms with E-state index in [1.807, 2.05) is 0 Å². The SMILES string of the molecule is O=C(O)CC1CCCCN1C1CCOC2(CCCC2)C1. The second-order valence-electron chi connectivity index (χ2n) is 6.87. The van der Waals surface area contributed by atoms with Crippen LogP contribution in [0, 0.1) is 0 Å². The Morgan fingerprint density at radius 3 is 2.75 bits per heavy atom. The average molecular weight is 281 g/mol. The smallest absolute Gasteiger partial charge is 0.304 e. The van der Waals surface area contributed by atoms with E-state index >= 15 is 0 Å². The van der Waals surface area contributed by atoms with Crippen molar-refractivity contribution < 1.29 is 14.6 Å². The summed E-state index contributed by atoms with van der Waals surface area (Å²) in [4.78, 5) is 13.6. The number of nitrogens with zero attached hydrogens (tertiary/aromatic N) is 1. The van der Waals surface area contributed by atoms with Crippen LogP contribution >= 0.6 is 0 Å². The van der Waals surface area contributed by atoms with Gasteiger partial charge in [-0.2, -0.15) is 0 Å². The van der Waals surface area contributed by atoms with Crippen LogP contribution in [0.25, 0.3) is 0 Å². The maximum absolute atomic E-state index is 11.1. The number of piperidine rings is 1. The molecule has 4 heteroatoms. The van der Waals surface area contributed by atoms with Gasteiger partial charge >= 0.3 is 5.97 Å². The van der Waals surface area contributed by atoms with Gasteiger partial charge in [0.2, 0.25) is 0 Å². The average Bonchev–Trinajstić information content (AvgIpc) is 2.87. The van der Waals surface area contributed by atoms with Crippen molar-refractivity contribution in [2.75, 3.05) is 13.2 Å². The van der Waals surface area contributed by atoms with E-state index in [0.29, 0.717) is 12.5 Å². The molecule has 2 unspecified atom stereocenters. The molecule has 2 heterocycles. The van der Waals surface area contributed by atoms with E-state index in [0.717, 1.165) is 32.4 Å². The number of carbonyl (C=O) groups is 1. The molecule has 0 aromatic rings. The van der Waals surface area contributed by atoms with Gasteiger partial charge in [0.15, 0.2) is 0 Å². The van der Waals surface area contributed by atoms with Gasteiger partial charge in [-0.3, -0.25) is 9.69 Å². The molecule has 0 aromatic carbocycles. The van der Waals surface area contributed by atoms with Crippen LogP contribution in [0.2, 0.25) is 0 Å². The molecule has 1 saturated carbocycles. The van der Waals surface area contributed by atoms with Crippen molar-refractivity contribution in [2.24, 2.45) is 0 Å². The maximum Gasteiger partial charge on any atom is 0.304 e. The van der Waals surface area contributed by atoms with Crippen LogP contribution in [-0.2, 0) is 9.53 Å². The van der Waals surface area contributed by atoms with Gasteiger partial charge in [0.05, 0.1) is 12.0 Å². The minimum absolute atomic E-state index is 0.133. The molecule has 1 N–H and O–H groups in total. The first kappa shape index (κ1) is 14.3. The predicted molar refractivity (Wildman–Crippen MR) is 76.8 cm³/mol. The van der Waals surface area contributed by atoms with Crippen LogP contribution in [0.3, 0.4) is 0 Å². The molecule has 20 heavy (non-hydrogen) atoms. The third-order valence-corrected chi connectivity index (χ3v) is 5.53. The van der Waals surface area contributed by atoms with E-state index in [4.69, 9.17) is 9.84 Å². The Morgan fingerprint density at radius 2 is 2.00 bits per heavy atom. The molecule has 1 spiro atoms. The molecular formula is C16H27NO3. The second-order valence-corrected chi connectivity index (χ2v) is 6.87. The minimum Gasteiger partial charge on any atom is -0.481 e. The van der Waals surface area contributed by atoms with E-state index < -0.39 is 5.97 Å². The molecule has 0 bridgehead atoms. The summed E-state index contributed by atoms with van der Waals surface area (Å²) in [6.07, 6.45) is 11.0. The lowest BCUT2D eigenvalue weighted by Crippen LogP contribution is -2.53. The Balaban J connectivity index is 1.67. The molecule has 0 amide bonds. The Labute approximate surface area is 121 Å². The van der Waals surface area contributed by atoms with Gasteiger partial charge in [-0.1, -0.05) is 19.3 Å². The van der Waals surface area contributed by atoms with Crippen molar-refractivity contribution in [2.45, 2.75) is 81.9 Å². The van der Waals surface area contributed by atoms with E-state index in [-0.39, 0.29) is 11.6 Å². The van der Waals surface area contributed by atoms with Crippen molar-refractivity contribution in [1.29, 1.82) is 0 Å². The normalized spacial score (nSPS) is 34.4. The van der Waals surface area contributed by atoms with Crippen LogP contribution in [-0.4, -0.2) is 46.8 Å². The van der Waals surface area contributed by atoms with E-state index in [1.54, 1.807) is 0 Å². The summed E-state index contributed by atoms with van der Waals surface area (Å²) >= 11 is 0. The van der Waals surface area contributed by atoms with Crippen molar-refractivity contribution in [3.8, 4) is 0 Å². The molecule has 1 aliphatic carbocycles. The zero-order chi connectivity index (χ0) is 14.0. The fourth-order valence-electron chi connectivity index (χ4n) is 4.58. The fraction of sp³-hybridized carbons (Fsp3) is 0.938. The third kappa shape index (κ3) is 3.01. The molecule has 3 fully saturated rings. The Hall–Kier alpha value is -0.610. The van der Waals surface area contributed by atoms with Crippen molar-refractivity contribution in [1.82, 2.24) is 4.90 Å². The van der Waals surface area contributed by atoms with Crippen molar-refractivity contribution in [3.05, 3.63) is 0 Å². The van der Waals surface area contributed by atoms with Gasteiger partial charge in [0, 0.05) is 18.7 Å². The van der Waals surface area contributed by atoms with Crippen LogP contribution < -0.4 is 0 Å². The number of ether oxygens (including phenoxy) is 1. The van der Waals surface area contributed by atoms with Gasteiger partial charge in [0.1, 0.15) is 0 Å². The zero-order valence-corrected chi connectivity index (χ0v) is 12.4. The first-order chi connectivity index (χ1) is 9.69. The lowest BCUT2D eigenvalue weighted by atomic mass is 9.85. The number of carboxylic acids is 1. The molecule has 2 saturated heterocycles. The number of hydrogen-bond donors (Lipinski definition) is 1. The molecule has 3 aliphatic rings. The number of likely N-dealkylation sites (tertiary alicyclic amines) is 1. The Bertz CT molecular complexity index is 352. The van der Waals surface area contributed by atoms with Gasteiger partial charge in [-0.15, -0.1) is 0 Å². The van der Waals surface area contributed by atoms with Crippen LogP contribution in [0.5, 0.6) is 0 Å². The van der Waals surface area contributed by atoms with E-state index in [1.165, 1.54) is 38.5 Å². The highest BCUT2D eigenvalue weighted by atomic mass is 16.5. The number of aliphatic carboxylic acids is 1. The van der Waals surface area contributed by atoms with Gasteiger partial charge in [0.25, 0.3) is 0 Å².